The van der Waals surface area contributed by atoms with Crippen molar-refractivity contribution in [3.05, 3.63) is 53.0 Å². The summed E-state index contributed by atoms with van der Waals surface area (Å²) in [5.74, 6) is 0.650. The van der Waals surface area contributed by atoms with Crippen LogP contribution in [0.5, 0.6) is 0 Å². The van der Waals surface area contributed by atoms with Gasteiger partial charge in [0.1, 0.15) is 12.2 Å². The van der Waals surface area contributed by atoms with Crippen molar-refractivity contribution in [3.8, 4) is 0 Å². The van der Waals surface area contributed by atoms with Crippen LogP contribution in [0.3, 0.4) is 0 Å². The highest BCUT2D eigenvalue weighted by Gasteiger charge is 2.25. The third-order valence-electron chi connectivity index (χ3n) is 6.42. The Morgan fingerprint density at radius 1 is 1.16 bits per heavy atom. The molecule has 1 saturated carbocycles. The normalized spacial score (nSPS) is 18.8. The summed E-state index contributed by atoms with van der Waals surface area (Å²) in [6.07, 6.45) is 4.36. The van der Waals surface area contributed by atoms with E-state index in [-0.39, 0.29) is 24.4 Å². The van der Waals surface area contributed by atoms with E-state index in [1.807, 2.05) is 60.2 Å². The summed E-state index contributed by atoms with van der Waals surface area (Å²) in [7, 11) is 0. The quantitative estimate of drug-likeness (QED) is 0.563. The number of hydrogen-bond donors (Lipinski definition) is 1. The van der Waals surface area contributed by atoms with Crippen LogP contribution < -0.4 is 10.2 Å². The molecule has 2 heterocycles. The highest BCUT2D eigenvalue weighted by molar-refractivity contribution is 7.17. The average molecular weight is 438 g/mol. The van der Waals surface area contributed by atoms with Crippen molar-refractivity contribution in [2.45, 2.75) is 59.0 Å². The van der Waals surface area contributed by atoms with E-state index in [0.717, 1.165) is 53.1 Å². The Kier molecular flexibility index (Phi) is 6.46. The molecule has 0 spiro atoms. The third-order valence-corrected chi connectivity index (χ3v) is 7.28. The Bertz CT molecular complexity index is 1080. The topological polar surface area (TPSA) is 54.3 Å². The van der Waals surface area contributed by atoms with Crippen LogP contribution in [0, 0.1) is 12.8 Å². The van der Waals surface area contributed by atoms with Crippen molar-refractivity contribution in [1.29, 1.82) is 0 Å². The van der Waals surface area contributed by atoms with Crippen LogP contribution in [0.4, 0.5) is 5.69 Å². The number of anilines is 1. The van der Waals surface area contributed by atoms with Crippen LogP contribution in [0.2, 0.25) is 0 Å². The van der Waals surface area contributed by atoms with Gasteiger partial charge in [0.15, 0.2) is 0 Å². The van der Waals surface area contributed by atoms with Crippen molar-refractivity contribution in [2.24, 2.45) is 5.92 Å². The van der Waals surface area contributed by atoms with Gasteiger partial charge in [0.25, 0.3) is 5.91 Å². The minimum atomic E-state index is -0.0744. The van der Waals surface area contributed by atoms with Gasteiger partial charge in [0.2, 0.25) is 5.91 Å². The molecule has 1 fully saturated rings. The number of aromatic nitrogens is 1. The molecule has 0 radical (unpaired) electrons. The zero-order valence-corrected chi connectivity index (χ0v) is 19.4. The number of thiophene rings is 1. The van der Waals surface area contributed by atoms with Gasteiger partial charge < -0.3 is 14.8 Å². The highest BCUT2D eigenvalue weighted by Crippen LogP contribution is 2.28. The van der Waals surface area contributed by atoms with Crippen molar-refractivity contribution in [3.63, 3.8) is 0 Å². The molecule has 2 amide bonds. The number of benzene rings is 1. The predicted octanol–water partition coefficient (Wildman–Crippen LogP) is 5.37. The van der Waals surface area contributed by atoms with Crippen LogP contribution in [0.25, 0.3) is 10.2 Å². The number of para-hydroxylation sites is 1. The first-order valence-corrected chi connectivity index (χ1v) is 12.1. The van der Waals surface area contributed by atoms with Crippen LogP contribution in [0.1, 0.15) is 55.6 Å². The molecular weight excluding hydrogens is 406 g/mol. The van der Waals surface area contributed by atoms with Crippen LogP contribution in [0.15, 0.2) is 41.8 Å². The molecule has 2 aromatic heterocycles. The van der Waals surface area contributed by atoms with E-state index in [4.69, 9.17) is 0 Å². The largest absolute Gasteiger partial charge is 0.348 e. The number of amides is 2. The van der Waals surface area contributed by atoms with E-state index in [0.29, 0.717) is 12.2 Å². The fourth-order valence-corrected chi connectivity index (χ4v) is 5.39. The Morgan fingerprint density at radius 2 is 1.90 bits per heavy atom. The Hall–Kier alpha value is -2.60. The molecule has 5 nitrogen and oxygen atoms in total. The maximum Gasteiger partial charge on any atom is 0.268 e. The molecule has 0 aliphatic heterocycles. The molecule has 164 valence electrons. The Balaban J connectivity index is 1.58. The summed E-state index contributed by atoms with van der Waals surface area (Å²) in [6.45, 7) is 7.00. The fourth-order valence-electron chi connectivity index (χ4n) is 4.57. The minimum absolute atomic E-state index is 0.0129. The summed E-state index contributed by atoms with van der Waals surface area (Å²) in [5.41, 5.74) is 3.51. The first-order chi connectivity index (χ1) is 15.0. The van der Waals surface area contributed by atoms with E-state index >= 15 is 0 Å². The lowest BCUT2D eigenvalue weighted by Crippen LogP contribution is -2.39. The zero-order chi connectivity index (χ0) is 22.0. The predicted molar refractivity (Wildman–Crippen MR) is 128 cm³/mol. The van der Waals surface area contributed by atoms with Gasteiger partial charge in [-0.25, -0.2) is 0 Å². The molecule has 1 N–H and O–H groups in total. The molecule has 0 saturated heterocycles. The van der Waals surface area contributed by atoms with E-state index in [1.165, 1.54) is 0 Å². The first-order valence-electron chi connectivity index (χ1n) is 11.2. The van der Waals surface area contributed by atoms with E-state index in [9.17, 15) is 9.59 Å². The Labute approximate surface area is 188 Å². The number of carbonyl (C=O) groups is 2. The lowest BCUT2D eigenvalue weighted by molar-refractivity contribution is -0.119. The van der Waals surface area contributed by atoms with Crippen molar-refractivity contribution in [1.82, 2.24) is 9.88 Å². The number of hydrogen-bond acceptors (Lipinski definition) is 3. The standard InChI is InChI=1S/C25H31N3O2S/c1-4-27(20-8-6-5-7-18(20)3)24(29)16-28-21-13-14-31-23(21)15-22(28)25(30)26-19-11-9-17(2)10-12-19/h5-8,13-15,17,19H,4,9-12,16H2,1-3H3,(H,26,30). The average Bonchev–Trinajstić information content (AvgIpc) is 3.34. The number of aryl methyl sites for hydroxylation is 1. The fraction of sp³-hybridized carbons (Fsp3) is 0.440. The summed E-state index contributed by atoms with van der Waals surface area (Å²) >= 11 is 1.60. The van der Waals surface area contributed by atoms with Gasteiger partial charge in [-0.2, -0.15) is 0 Å². The molecule has 3 aromatic rings. The number of nitrogens with one attached hydrogen (secondary N) is 1. The highest BCUT2D eigenvalue weighted by atomic mass is 32.1. The van der Waals surface area contributed by atoms with E-state index < -0.39 is 0 Å². The lowest BCUT2D eigenvalue weighted by atomic mass is 9.87. The van der Waals surface area contributed by atoms with Crippen LogP contribution in [-0.4, -0.2) is 29.0 Å². The Morgan fingerprint density at radius 3 is 2.61 bits per heavy atom. The second-order valence-corrected chi connectivity index (χ2v) is 9.59. The van der Waals surface area contributed by atoms with Gasteiger partial charge in [0, 0.05) is 18.3 Å². The van der Waals surface area contributed by atoms with Crippen LogP contribution in [-0.2, 0) is 11.3 Å². The molecule has 6 heteroatoms. The van der Waals surface area contributed by atoms with Crippen molar-refractivity contribution < 1.29 is 9.59 Å². The van der Waals surface area contributed by atoms with Gasteiger partial charge >= 0.3 is 0 Å². The minimum Gasteiger partial charge on any atom is -0.348 e. The van der Waals surface area contributed by atoms with Gasteiger partial charge in [-0.1, -0.05) is 25.1 Å². The summed E-state index contributed by atoms with van der Waals surface area (Å²) in [6, 6.07) is 12.1. The molecule has 0 atom stereocenters. The van der Waals surface area contributed by atoms with Gasteiger partial charge in [-0.05, 0) is 74.6 Å². The summed E-state index contributed by atoms with van der Waals surface area (Å²) in [5, 5.41) is 5.23. The maximum atomic E-state index is 13.3. The maximum absolute atomic E-state index is 13.3. The molecule has 4 rings (SSSR count). The lowest BCUT2D eigenvalue weighted by Gasteiger charge is -2.27. The summed E-state index contributed by atoms with van der Waals surface area (Å²) in [4.78, 5) is 28.3. The molecule has 1 aliphatic rings. The number of rotatable bonds is 6. The number of likely N-dealkylation sites (N-methyl/N-ethyl adjacent to an activating group) is 1. The van der Waals surface area contributed by atoms with E-state index in [1.54, 1.807) is 16.2 Å². The number of carbonyl (C=O) groups excluding carboxylic acids is 2. The van der Waals surface area contributed by atoms with Gasteiger partial charge in [-0.15, -0.1) is 11.3 Å². The third kappa shape index (κ3) is 4.54. The number of fused-ring (bicyclic) bond motifs is 1. The molecule has 0 bridgehead atoms. The van der Waals surface area contributed by atoms with Crippen molar-refractivity contribution in [2.75, 3.05) is 11.4 Å². The van der Waals surface area contributed by atoms with Gasteiger partial charge in [0.05, 0.1) is 10.2 Å². The molecule has 1 aliphatic carbocycles. The smallest absolute Gasteiger partial charge is 0.268 e. The summed E-state index contributed by atoms with van der Waals surface area (Å²) < 4.78 is 2.92. The van der Waals surface area contributed by atoms with Crippen molar-refractivity contribution >= 4 is 39.1 Å². The molecule has 0 unspecified atom stereocenters. The second-order valence-electron chi connectivity index (χ2n) is 8.64. The molecule has 1 aromatic carbocycles. The monoisotopic (exact) mass is 437 g/mol. The van der Waals surface area contributed by atoms with Gasteiger partial charge in [-0.3, -0.25) is 9.59 Å². The SMILES string of the molecule is CCN(C(=O)Cn1c(C(=O)NC2CCC(C)CC2)cc2sccc21)c1ccccc1C. The zero-order valence-electron chi connectivity index (χ0n) is 18.6. The number of nitrogens with zero attached hydrogens (tertiary/aromatic N) is 2. The molecule has 31 heavy (non-hydrogen) atoms. The first kappa shape index (κ1) is 21.6. The second kappa shape index (κ2) is 9.27. The van der Waals surface area contributed by atoms with Crippen LogP contribution >= 0.6 is 11.3 Å². The molecular formula is C25H31N3O2S. The van der Waals surface area contributed by atoms with E-state index in [2.05, 4.69) is 12.2 Å².